The lowest BCUT2D eigenvalue weighted by Crippen LogP contribution is -2.44. The quantitative estimate of drug-likeness (QED) is 0.615. The van der Waals surface area contributed by atoms with Gasteiger partial charge in [-0.25, -0.2) is 9.78 Å². The Hall–Kier alpha value is -3.68. The maximum atomic E-state index is 12.6. The Kier molecular flexibility index (Phi) is 5.47. The van der Waals surface area contributed by atoms with E-state index in [0.717, 1.165) is 24.2 Å². The highest BCUT2D eigenvalue weighted by molar-refractivity contribution is 5.85. The molecule has 1 amide bonds. The van der Waals surface area contributed by atoms with Crippen molar-refractivity contribution in [1.82, 2.24) is 14.9 Å². The number of aromatic nitrogens is 2. The van der Waals surface area contributed by atoms with E-state index in [4.69, 9.17) is 4.74 Å². The Balaban J connectivity index is 1.42. The standard InChI is InChI=1S/C22H21N3O5/c26-20(24-18(22(28)29)11-14-5-2-1-3-6-14)13-30-15-8-9-17-16(12-15)21(27)25-10-4-7-19(25)23-17/h1-3,5-6,8-9,12,18H,4,7,10-11,13H2,(H,24,26)(H,28,29)/t18-/m0/s1. The zero-order valence-electron chi connectivity index (χ0n) is 16.2. The van der Waals surface area contributed by atoms with Gasteiger partial charge in [0, 0.05) is 19.4 Å². The first-order valence-corrected chi connectivity index (χ1v) is 9.73. The molecule has 1 aliphatic rings. The van der Waals surface area contributed by atoms with E-state index in [1.807, 2.05) is 18.2 Å². The number of fused-ring (bicyclic) bond motifs is 2. The summed E-state index contributed by atoms with van der Waals surface area (Å²) >= 11 is 0. The van der Waals surface area contributed by atoms with E-state index >= 15 is 0 Å². The van der Waals surface area contributed by atoms with Crippen LogP contribution in [0.5, 0.6) is 5.75 Å². The molecule has 3 aromatic rings. The van der Waals surface area contributed by atoms with Gasteiger partial charge in [0.25, 0.3) is 11.5 Å². The molecule has 0 radical (unpaired) electrons. The molecule has 2 heterocycles. The SMILES string of the molecule is O=C(COc1ccc2nc3n(c(=O)c2c1)CCC3)N[C@@H](Cc1ccccc1)C(=O)O. The van der Waals surface area contributed by atoms with Crippen molar-refractivity contribution >= 4 is 22.8 Å². The van der Waals surface area contributed by atoms with Crippen molar-refractivity contribution in [2.24, 2.45) is 0 Å². The van der Waals surface area contributed by atoms with Crippen LogP contribution in [-0.4, -0.2) is 39.2 Å². The summed E-state index contributed by atoms with van der Waals surface area (Å²) in [5, 5.41) is 12.3. The predicted octanol–water partition coefficient (Wildman–Crippen LogP) is 1.53. The van der Waals surface area contributed by atoms with Crippen LogP contribution in [0, 0.1) is 0 Å². The molecule has 30 heavy (non-hydrogen) atoms. The molecule has 0 aliphatic carbocycles. The number of carbonyl (C=O) groups is 2. The van der Waals surface area contributed by atoms with Crippen molar-refractivity contribution in [3.05, 3.63) is 70.3 Å². The van der Waals surface area contributed by atoms with E-state index in [1.165, 1.54) is 0 Å². The average Bonchev–Trinajstić information content (AvgIpc) is 3.22. The number of amides is 1. The first-order valence-electron chi connectivity index (χ1n) is 9.73. The van der Waals surface area contributed by atoms with Gasteiger partial charge in [0.2, 0.25) is 0 Å². The highest BCUT2D eigenvalue weighted by Crippen LogP contribution is 2.19. The van der Waals surface area contributed by atoms with Gasteiger partial charge in [0.15, 0.2) is 6.61 Å². The minimum absolute atomic E-state index is 0.115. The minimum Gasteiger partial charge on any atom is -0.484 e. The third-order valence-corrected chi connectivity index (χ3v) is 5.07. The molecule has 0 saturated carbocycles. The van der Waals surface area contributed by atoms with Crippen LogP contribution in [0.4, 0.5) is 0 Å². The molecule has 0 bridgehead atoms. The first-order chi connectivity index (χ1) is 14.5. The number of carboxylic acid groups (broad SMARTS) is 1. The number of aryl methyl sites for hydroxylation is 1. The van der Waals surface area contributed by atoms with E-state index in [2.05, 4.69) is 10.3 Å². The number of nitrogens with zero attached hydrogens (tertiary/aromatic N) is 2. The molecular formula is C22H21N3O5. The summed E-state index contributed by atoms with van der Waals surface area (Å²) in [4.78, 5) is 40.9. The molecule has 0 spiro atoms. The molecule has 2 N–H and O–H groups in total. The Labute approximate surface area is 172 Å². The Bertz CT molecular complexity index is 1160. The summed E-state index contributed by atoms with van der Waals surface area (Å²) < 4.78 is 7.17. The summed E-state index contributed by atoms with van der Waals surface area (Å²) in [6.45, 7) is 0.298. The zero-order chi connectivity index (χ0) is 21.1. The van der Waals surface area contributed by atoms with Crippen molar-refractivity contribution in [2.75, 3.05) is 6.61 Å². The highest BCUT2D eigenvalue weighted by Gasteiger charge is 2.21. The Morgan fingerprint density at radius 2 is 2.00 bits per heavy atom. The monoisotopic (exact) mass is 407 g/mol. The largest absolute Gasteiger partial charge is 0.484 e. The van der Waals surface area contributed by atoms with Crippen LogP contribution in [0.2, 0.25) is 0 Å². The van der Waals surface area contributed by atoms with Crippen LogP contribution >= 0.6 is 0 Å². The van der Waals surface area contributed by atoms with Crippen LogP contribution in [0.15, 0.2) is 53.3 Å². The van der Waals surface area contributed by atoms with E-state index < -0.39 is 17.9 Å². The maximum Gasteiger partial charge on any atom is 0.326 e. The van der Waals surface area contributed by atoms with Gasteiger partial charge in [-0.2, -0.15) is 0 Å². The molecule has 0 unspecified atom stereocenters. The molecule has 1 aromatic heterocycles. The maximum absolute atomic E-state index is 12.6. The minimum atomic E-state index is -1.12. The first kappa shape index (κ1) is 19.6. The van der Waals surface area contributed by atoms with E-state index in [0.29, 0.717) is 23.2 Å². The van der Waals surface area contributed by atoms with Gasteiger partial charge in [-0.1, -0.05) is 30.3 Å². The molecular weight excluding hydrogens is 386 g/mol. The summed E-state index contributed by atoms with van der Waals surface area (Å²) in [6.07, 6.45) is 1.86. The molecule has 154 valence electrons. The van der Waals surface area contributed by atoms with Gasteiger partial charge in [-0.3, -0.25) is 14.2 Å². The van der Waals surface area contributed by atoms with Gasteiger partial charge in [-0.15, -0.1) is 0 Å². The lowest BCUT2D eigenvalue weighted by molar-refractivity contribution is -0.142. The van der Waals surface area contributed by atoms with Gasteiger partial charge >= 0.3 is 5.97 Å². The molecule has 1 aliphatic heterocycles. The van der Waals surface area contributed by atoms with Crippen molar-refractivity contribution < 1.29 is 19.4 Å². The number of aliphatic carboxylic acids is 1. The zero-order valence-corrected chi connectivity index (χ0v) is 16.2. The number of benzene rings is 2. The van der Waals surface area contributed by atoms with Crippen LogP contribution in [-0.2, 0) is 29.0 Å². The van der Waals surface area contributed by atoms with E-state index in [-0.39, 0.29) is 18.6 Å². The summed E-state index contributed by atoms with van der Waals surface area (Å²) in [6, 6.07) is 12.9. The van der Waals surface area contributed by atoms with Gasteiger partial charge < -0.3 is 15.2 Å². The van der Waals surface area contributed by atoms with Crippen LogP contribution in [0.3, 0.4) is 0 Å². The smallest absolute Gasteiger partial charge is 0.326 e. The summed E-state index contributed by atoms with van der Waals surface area (Å²) in [5.41, 5.74) is 1.29. The lowest BCUT2D eigenvalue weighted by Gasteiger charge is -2.15. The second-order valence-corrected chi connectivity index (χ2v) is 7.20. The molecule has 8 heteroatoms. The molecule has 8 nitrogen and oxygen atoms in total. The van der Waals surface area contributed by atoms with Crippen molar-refractivity contribution in [3.8, 4) is 5.75 Å². The fraction of sp³-hybridized carbons (Fsp3) is 0.273. The fourth-order valence-electron chi connectivity index (χ4n) is 3.59. The van der Waals surface area contributed by atoms with E-state index in [1.54, 1.807) is 34.9 Å². The lowest BCUT2D eigenvalue weighted by atomic mass is 10.1. The van der Waals surface area contributed by atoms with Crippen molar-refractivity contribution in [3.63, 3.8) is 0 Å². The molecule has 1 atom stereocenters. The van der Waals surface area contributed by atoms with Crippen LogP contribution in [0.25, 0.3) is 10.9 Å². The Morgan fingerprint density at radius 1 is 1.20 bits per heavy atom. The van der Waals surface area contributed by atoms with Crippen LogP contribution < -0.4 is 15.6 Å². The fourth-order valence-corrected chi connectivity index (χ4v) is 3.59. The van der Waals surface area contributed by atoms with Crippen molar-refractivity contribution in [1.29, 1.82) is 0 Å². The van der Waals surface area contributed by atoms with Gasteiger partial charge in [0.1, 0.15) is 17.6 Å². The topological polar surface area (TPSA) is 111 Å². The second kappa shape index (κ2) is 8.36. The molecule has 0 fully saturated rings. The third kappa shape index (κ3) is 4.17. The summed E-state index contributed by atoms with van der Waals surface area (Å²) in [5.74, 6) is -0.531. The third-order valence-electron chi connectivity index (χ3n) is 5.07. The Morgan fingerprint density at radius 3 is 2.77 bits per heavy atom. The number of ether oxygens (including phenoxy) is 1. The van der Waals surface area contributed by atoms with Gasteiger partial charge in [0.05, 0.1) is 10.9 Å². The number of carbonyl (C=O) groups excluding carboxylic acids is 1. The number of nitrogens with one attached hydrogen (secondary N) is 1. The van der Waals surface area contributed by atoms with Crippen LogP contribution in [0.1, 0.15) is 17.8 Å². The summed E-state index contributed by atoms with van der Waals surface area (Å²) in [7, 11) is 0. The number of rotatable bonds is 7. The normalized spacial score (nSPS) is 13.6. The van der Waals surface area contributed by atoms with Gasteiger partial charge in [-0.05, 0) is 30.2 Å². The van der Waals surface area contributed by atoms with E-state index in [9.17, 15) is 19.5 Å². The average molecular weight is 407 g/mol. The number of hydrogen-bond donors (Lipinski definition) is 2. The highest BCUT2D eigenvalue weighted by atomic mass is 16.5. The second-order valence-electron chi connectivity index (χ2n) is 7.20. The molecule has 4 rings (SSSR count). The van der Waals surface area contributed by atoms with Crippen molar-refractivity contribution in [2.45, 2.75) is 31.8 Å². The number of hydrogen-bond acceptors (Lipinski definition) is 5. The number of carboxylic acids is 1. The molecule has 2 aromatic carbocycles. The molecule has 0 saturated heterocycles. The predicted molar refractivity (Wildman–Crippen MR) is 110 cm³/mol.